The van der Waals surface area contributed by atoms with E-state index in [-0.39, 0.29) is 12.7 Å². The molecule has 0 spiro atoms. The van der Waals surface area contributed by atoms with Crippen LogP contribution in [0.4, 0.5) is 0 Å². The zero-order valence-electron chi connectivity index (χ0n) is 9.55. The molecule has 0 aromatic carbocycles. The van der Waals surface area contributed by atoms with Gasteiger partial charge in [-0.15, -0.1) is 0 Å². The molecule has 0 bridgehead atoms. The standard InChI is InChI=1S/C12H16N2O2/c1-9(16-2)6-14-7-10(8-15)11-4-3-5-13-12(11)14/h3-5,7,9,15H,6,8H2,1-2H3. The van der Waals surface area contributed by atoms with Gasteiger partial charge >= 0.3 is 0 Å². The van der Waals surface area contributed by atoms with Crippen LogP contribution < -0.4 is 0 Å². The lowest BCUT2D eigenvalue weighted by Crippen LogP contribution is -2.14. The number of aromatic nitrogens is 2. The molecule has 0 aliphatic rings. The summed E-state index contributed by atoms with van der Waals surface area (Å²) in [5.41, 5.74) is 1.81. The summed E-state index contributed by atoms with van der Waals surface area (Å²) in [5.74, 6) is 0. The maximum absolute atomic E-state index is 9.27. The Labute approximate surface area is 94.5 Å². The van der Waals surface area contributed by atoms with Crippen molar-refractivity contribution in [2.75, 3.05) is 7.11 Å². The van der Waals surface area contributed by atoms with Crippen molar-refractivity contribution >= 4 is 11.0 Å². The van der Waals surface area contributed by atoms with Crippen molar-refractivity contribution in [3.8, 4) is 0 Å². The predicted molar refractivity (Wildman–Crippen MR) is 62.1 cm³/mol. The molecule has 0 amide bonds. The van der Waals surface area contributed by atoms with Crippen molar-refractivity contribution in [1.82, 2.24) is 9.55 Å². The van der Waals surface area contributed by atoms with E-state index >= 15 is 0 Å². The molecule has 4 nitrogen and oxygen atoms in total. The van der Waals surface area contributed by atoms with E-state index < -0.39 is 0 Å². The fourth-order valence-electron chi connectivity index (χ4n) is 1.81. The lowest BCUT2D eigenvalue weighted by Gasteiger charge is -2.10. The van der Waals surface area contributed by atoms with Gasteiger partial charge in [-0.1, -0.05) is 0 Å². The summed E-state index contributed by atoms with van der Waals surface area (Å²) in [5, 5.41) is 10.3. The summed E-state index contributed by atoms with van der Waals surface area (Å²) in [7, 11) is 1.69. The van der Waals surface area contributed by atoms with E-state index in [4.69, 9.17) is 4.74 Å². The number of aliphatic hydroxyl groups is 1. The van der Waals surface area contributed by atoms with Gasteiger partial charge in [-0.2, -0.15) is 0 Å². The van der Waals surface area contributed by atoms with Gasteiger partial charge in [0, 0.05) is 37.0 Å². The fraction of sp³-hybridized carbons (Fsp3) is 0.417. The van der Waals surface area contributed by atoms with Crippen molar-refractivity contribution in [3.63, 3.8) is 0 Å². The molecule has 16 heavy (non-hydrogen) atoms. The Morgan fingerprint density at radius 3 is 3.06 bits per heavy atom. The molecule has 86 valence electrons. The molecule has 4 heteroatoms. The van der Waals surface area contributed by atoms with Crippen molar-refractivity contribution < 1.29 is 9.84 Å². The molecule has 0 aliphatic heterocycles. The average molecular weight is 220 g/mol. The second-order valence-electron chi connectivity index (χ2n) is 3.89. The fourth-order valence-corrected chi connectivity index (χ4v) is 1.81. The Hall–Kier alpha value is -1.39. The van der Waals surface area contributed by atoms with E-state index in [0.717, 1.165) is 23.1 Å². The van der Waals surface area contributed by atoms with Crippen molar-refractivity contribution in [1.29, 1.82) is 0 Å². The molecule has 1 atom stereocenters. The number of methoxy groups -OCH3 is 1. The van der Waals surface area contributed by atoms with E-state index in [1.54, 1.807) is 13.3 Å². The lowest BCUT2D eigenvalue weighted by molar-refractivity contribution is 0.104. The molecule has 2 rings (SSSR count). The molecule has 0 aliphatic carbocycles. The van der Waals surface area contributed by atoms with Gasteiger partial charge in [-0.25, -0.2) is 4.98 Å². The first kappa shape index (κ1) is 11.1. The minimum Gasteiger partial charge on any atom is -0.392 e. The number of hydrogen-bond acceptors (Lipinski definition) is 3. The van der Waals surface area contributed by atoms with Gasteiger partial charge in [0.25, 0.3) is 0 Å². The quantitative estimate of drug-likeness (QED) is 0.850. The molecular weight excluding hydrogens is 204 g/mol. The van der Waals surface area contributed by atoms with Crippen LogP contribution in [0, 0.1) is 0 Å². The third-order valence-electron chi connectivity index (χ3n) is 2.74. The normalized spacial score (nSPS) is 13.2. The Morgan fingerprint density at radius 1 is 1.56 bits per heavy atom. The number of hydrogen-bond donors (Lipinski definition) is 1. The molecule has 0 radical (unpaired) electrons. The van der Waals surface area contributed by atoms with Crippen LogP contribution in [-0.4, -0.2) is 27.9 Å². The summed E-state index contributed by atoms with van der Waals surface area (Å²) in [6.07, 6.45) is 3.83. The third kappa shape index (κ3) is 1.94. The Balaban J connectivity index is 2.45. The summed E-state index contributed by atoms with van der Waals surface area (Å²) in [6.45, 7) is 2.79. The van der Waals surface area contributed by atoms with Crippen LogP contribution in [0.2, 0.25) is 0 Å². The van der Waals surface area contributed by atoms with Gasteiger partial charge in [-0.3, -0.25) is 0 Å². The molecule has 1 N–H and O–H groups in total. The molecule has 0 fully saturated rings. The van der Waals surface area contributed by atoms with Crippen LogP contribution in [-0.2, 0) is 17.9 Å². The summed E-state index contributed by atoms with van der Waals surface area (Å²) in [6, 6.07) is 3.85. The van der Waals surface area contributed by atoms with Crippen molar-refractivity contribution in [3.05, 3.63) is 30.1 Å². The van der Waals surface area contributed by atoms with Crippen LogP contribution in [0.1, 0.15) is 12.5 Å². The van der Waals surface area contributed by atoms with Crippen molar-refractivity contribution in [2.24, 2.45) is 0 Å². The van der Waals surface area contributed by atoms with Gasteiger partial charge in [0.2, 0.25) is 0 Å². The van der Waals surface area contributed by atoms with Gasteiger partial charge in [-0.05, 0) is 19.1 Å². The molecule has 0 saturated heterocycles. The largest absolute Gasteiger partial charge is 0.392 e. The van der Waals surface area contributed by atoms with Crippen LogP contribution >= 0.6 is 0 Å². The van der Waals surface area contributed by atoms with Crippen LogP contribution in [0.15, 0.2) is 24.5 Å². The monoisotopic (exact) mass is 220 g/mol. The summed E-state index contributed by atoms with van der Waals surface area (Å²) in [4.78, 5) is 4.33. The van der Waals surface area contributed by atoms with E-state index in [0.29, 0.717) is 0 Å². The minimum atomic E-state index is 0.0383. The first-order chi connectivity index (χ1) is 7.76. The Bertz CT molecular complexity index is 479. The molecule has 2 aromatic heterocycles. The highest BCUT2D eigenvalue weighted by molar-refractivity contribution is 5.80. The smallest absolute Gasteiger partial charge is 0.140 e. The number of ether oxygens (including phenoxy) is 1. The number of pyridine rings is 1. The zero-order chi connectivity index (χ0) is 11.5. The molecule has 0 saturated carbocycles. The molecular formula is C12H16N2O2. The second-order valence-corrected chi connectivity index (χ2v) is 3.89. The van der Waals surface area contributed by atoms with Gasteiger partial charge in [0.05, 0.1) is 12.7 Å². The zero-order valence-corrected chi connectivity index (χ0v) is 9.55. The topological polar surface area (TPSA) is 47.3 Å². The number of nitrogens with zero attached hydrogens (tertiary/aromatic N) is 2. The van der Waals surface area contributed by atoms with Crippen molar-refractivity contribution in [2.45, 2.75) is 26.2 Å². The highest BCUT2D eigenvalue weighted by atomic mass is 16.5. The van der Waals surface area contributed by atoms with Gasteiger partial charge < -0.3 is 14.4 Å². The minimum absolute atomic E-state index is 0.0383. The molecule has 1 unspecified atom stereocenters. The highest BCUT2D eigenvalue weighted by Crippen LogP contribution is 2.19. The van der Waals surface area contributed by atoms with Crippen LogP contribution in [0.5, 0.6) is 0 Å². The number of aliphatic hydroxyl groups excluding tert-OH is 1. The second kappa shape index (κ2) is 4.63. The maximum atomic E-state index is 9.27. The lowest BCUT2D eigenvalue weighted by atomic mass is 10.2. The van der Waals surface area contributed by atoms with E-state index in [1.165, 1.54) is 0 Å². The van der Waals surface area contributed by atoms with Crippen LogP contribution in [0.3, 0.4) is 0 Å². The predicted octanol–water partition coefficient (Wildman–Crippen LogP) is 1.56. The Kier molecular flexibility index (Phi) is 3.22. The summed E-state index contributed by atoms with van der Waals surface area (Å²) >= 11 is 0. The number of rotatable bonds is 4. The van der Waals surface area contributed by atoms with E-state index in [9.17, 15) is 5.11 Å². The number of fused-ring (bicyclic) bond motifs is 1. The van der Waals surface area contributed by atoms with Crippen LogP contribution in [0.25, 0.3) is 11.0 Å². The first-order valence-electron chi connectivity index (χ1n) is 5.32. The Morgan fingerprint density at radius 2 is 2.38 bits per heavy atom. The first-order valence-corrected chi connectivity index (χ1v) is 5.32. The summed E-state index contributed by atoms with van der Waals surface area (Å²) < 4.78 is 7.26. The maximum Gasteiger partial charge on any atom is 0.140 e. The third-order valence-corrected chi connectivity index (χ3v) is 2.74. The molecule has 2 heterocycles. The van der Waals surface area contributed by atoms with E-state index in [2.05, 4.69) is 4.98 Å². The van der Waals surface area contributed by atoms with Gasteiger partial charge in [0.15, 0.2) is 0 Å². The average Bonchev–Trinajstić information content (AvgIpc) is 2.68. The van der Waals surface area contributed by atoms with E-state index in [1.807, 2.05) is 29.8 Å². The highest BCUT2D eigenvalue weighted by Gasteiger charge is 2.10. The molecule has 2 aromatic rings. The van der Waals surface area contributed by atoms with Gasteiger partial charge in [0.1, 0.15) is 5.65 Å². The SMILES string of the molecule is COC(C)Cn1cc(CO)c2cccnc21.